The number of aryl methyl sites for hydroxylation is 1. The third-order valence-electron chi connectivity index (χ3n) is 3.23. The van der Waals surface area contributed by atoms with Crippen molar-refractivity contribution in [2.45, 2.75) is 19.9 Å². The van der Waals surface area contributed by atoms with Gasteiger partial charge in [-0.2, -0.15) is 5.10 Å². The summed E-state index contributed by atoms with van der Waals surface area (Å²) in [7, 11) is 1.83. The van der Waals surface area contributed by atoms with Crippen molar-refractivity contribution >= 4 is 17.6 Å². The van der Waals surface area contributed by atoms with Crippen LogP contribution in [0.5, 0.6) is 0 Å². The number of nitrogens with zero attached hydrogens (tertiary/aromatic N) is 4. The van der Waals surface area contributed by atoms with E-state index in [1.807, 2.05) is 14.0 Å². The summed E-state index contributed by atoms with van der Waals surface area (Å²) < 4.78 is 14.7. The zero-order chi connectivity index (χ0) is 16.7. The van der Waals surface area contributed by atoms with Crippen molar-refractivity contribution in [1.82, 2.24) is 25.4 Å². The summed E-state index contributed by atoms with van der Waals surface area (Å²) in [6.45, 7) is 3.82. The molecule has 2 N–H and O–H groups in total. The van der Waals surface area contributed by atoms with Crippen molar-refractivity contribution in [2.24, 2.45) is 12.0 Å². The average molecular weight is 339 g/mol. The van der Waals surface area contributed by atoms with Gasteiger partial charge in [-0.3, -0.25) is 4.68 Å². The van der Waals surface area contributed by atoms with E-state index in [-0.39, 0.29) is 5.82 Å². The quantitative estimate of drug-likeness (QED) is 0.623. The van der Waals surface area contributed by atoms with Crippen LogP contribution in [0.25, 0.3) is 0 Å². The molecule has 0 bridgehead atoms. The number of rotatable bonds is 6. The van der Waals surface area contributed by atoms with Crippen LogP contribution in [0.3, 0.4) is 0 Å². The predicted octanol–water partition coefficient (Wildman–Crippen LogP) is 1.91. The highest BCUT2D eigenvalue weighted by Crippen LogP contribution is 2.17. The monoisotopic (exact) mass is 338 g/mol. The maximum atomic E-state index is 13.0. The lowest BCUT2D eigenvalue weighted by Gasteiger charge is -2.11. The van der Waals surface area contributed by atoms with Gasteiger partial charge in [-0.25, -0.2) is 14.4 Å². The molecule has 1 heterocycles. The van der Waals surface area contributed by atoms with Gasteiger partial charge in [0.05, 0.1) is 0 Å². The summed E-state index contributed by atoms with van der Waals surface area (Å²) >= 11 is 6.02. The first-order valence-electron chi connectivity index (χ1n) is 7.39. The largest absolute Gasteiger partial charge is 0.357 e. The van der Waals surface area contributed by atoms with Crippen LogP contribution in [0.2, 0.25) is 5.02 Å². The number of aliphatic imine (C=N–C) groups is 1. The number of hydrogen-bond donors (Lipinski definition) is 2. The smallest absolute Gasteiger partial charge is 0.191 e. The van der Waals surface area contributed by atoms with Crippen molar-refractivity contribution in [1.29, 1.82) is 0 Å². The summed E-state index contributed by atoms with van der Waals surface area (Å²) in [6, 6.07) is 4.43. The lowest BCUT2D eigenvalue weighted by molar-refractivity contribution is 0.627. The number of benzene rings is 1. The fourth-order valence-electron chi connectivity index (χ4n) is 1.99. The molecule has 0 unspecified atom stereocenters. The maximum Gasteiger partial charge on any atom is 0.191 e. The van der Waals surface area contributed by atoms with E-state index in [4.69, 9.17) is 11.6 Å². The Morgan fingerprint density at radius 3 is 2.87 bits per heavy atom. The van der Waals surface area contributed by atoms with Gasteiger partial charge in [-0.05, 0) is 31.0 Å². The van der Waals surface area contributed by atoms with Crippen LogP contribution in [0.15, 0.2) is 29.5 Å². The molecule has 2 aromatic rings. The lowest BCUT2D eigenvalue weighted by Crippen LogP contribution is -2.38. The van der Waals surface area contributed by atoms with E-state index in [1.165, 1.54) is 18.5 Å². The Bertz CT molecular complexity index is 670. The summed E-state index contributed by atoms with van der Waals surface area (Å²) in [4.78, 5) is 8.59. The van der Waals surface area contributed by atoms with E-state index in [2.05, 4.69) is 25.7 Å². The maximum absolute atomic E-state index is 13.0. The van der Waals surface area contributed by atoms with Gasteiger partial charge in [-0.1, -0.05) is 17.7 Å². The zero-order valence-corrected chi connectivity index (χ0v) is 13.9. The van der Waals surface area contributed by atoms with Crippen LogP contribution in [0.4, 0.5) is 4.39 Å². The molecule has 0 fully saturated rings. The van der Waals surface area contributed by atoms with Gasteiger partial charge >= 0.3 is 0 Å². The van der Waals surface area contributed by atoms with Crippen LogP contribution in [0.1, 0.15) is 18.3 Å². The van der Waals surface area contributed by atoms with E-state index in [0.717, 1.165) is 17.9 Å². The third kappa shape index (κ3) is 5.21. The van der Waals surface area contributed by atoms with Crippen molar-refractivity contribution < 1.29 is 4.39 Å². The van der Waals surface area contributed by atoms with E-state index in [9.17, 15) is 4.39 Å². The molecule has 23 heavy (non-hydrogen) atoms. The SMILES string of the molecule is CCNC(=NCc1ncnn1C)NCCc1ccc(F)cc1Cl. The molecular formula is C15H20ClFN6. The third-order valence-corrected chi connectivity index (χ3v) is 3.58. The number of guanidine groups is 1. The van der Waals surface area contributed by atoms with E-state index in [1.54, 1.807) is 10.7 Å². The van der Waals surface area contributed by atoms with E-state index in [0.29, 0.717) is 30.5 Å². The summed E-state index contributed by atoms with van der Waals surface area (Å²) in [6.07, 6.45) is 2.18. The van der Waals surface area contributed by atoms with Crippen LogP contribution >= 0.6 is 11.6 Å². The second-order valence-electron chi connectivity index (χ2n) is 4.91. The normalized spacial score (nSPS) is 11.6. The highest BCUT2D eigenvalue weighted by Gasteiger charge is 2.04. The fraction of sp³-hybridized carbons (Fsp3) is 0.400. The first-order chi connectivity index (χ1) is 11.1. The summed E-state index contributed by atoms with van der Waals surface area (Å²) in [5.74, 6) is 1.14. The molecule has 1 aromatic heterocycles. The highest BCUT2D eigenvalue weighted by molar-refractivity contribution is 6.31. The Hall–Kier alpha value is -2.15. The van der Waals surface area contributed by atoms with Crippen LogP contribution in [-0.2, 0) is 20.0 Å². The first-order valence-corrected chi connectivity index (χ1v) is 7.77. The minimum Gasteiger partial charge on any atom is -0.357 e. The Morgan fingerprint density at radius 2 is 2.22 bits per heavy atom. The number of nitrogens with one attached hydrogen (secondary N) is 2. The molecule has 0 aliphatic carbocycles. The summed E-state index contributed by atoms with van der Waals surface area (Å²) in [5, 5.41) is 10.8. The molecule has 2 rings (SSSR count). The Labute approximate surface area is 139 Å². The molecule has 0 aliphatic rings. The molecule has 0 saturated heterocycles. The number of halogens is 2. The highest BCUT2D eigenvalue weighted by atomic mass is 35.5. The first kappa shape index (κ1) is 17.2. The van der Waals surface area contributed by atoms with Crippen molar-refractivity contribution in [3.63, 3.8) is 0 Å². The molecule has 124 valence electrons. The Kier molecular flexibility index (Phi) is 6.34. The summed E-state index contributed by atoms with van der Waals surface area (Å²) in [5.41, 5.74) is 0.893. The van der Waals surface area contributed by atoms with Gasteiger partial charge < -0.3 is 10.6 Å². The molecule has 1 aromatic carbocycles. The van der Waals surface area contributed by atoms with Crippen LogP contribution in [0, 0.1) is 5.82 Å². The fourth-order valence-corrected chi connectivity index (χ4v) is 2.26. The topological polar surface area (TPSA) is 67.1 Å². The second-order valence-corrected chi connectivity index (χ2v) is 5.31. The van der Waals surface area contributed by atoms with Gasteiger partial charge in [0.25, 0.3) is 0 Å². The van der Waals surface area contributed by atoms with Crippen molar-refractivity contribution in [3.8, 4) is 0 Å². The van der Waals surface area contributed by atoms with Crippen LogP contribution < -0.4 is 10.6 Å². The number of aromatic nitrogens is 3. The van der Waals surface area contributed by atoms with Gasteiger partial charge in [0, 0.05) is 25.2 Å². The Morgan fingerprint density at radius 1 is 1.39 bits per heavy atom. The van der Waals surface area contributed by atoms with E-state index < -0.39 is 0 Å². The van der Waals surface area contributed by atoms with Gasteiger partial charge in [0.2, 0.25) is 0 Å². The van der Waals surface area contributed by atoms with Gasteiger partial charge in [-0.15, -0.1) is 0 Å². The molecule has 8 heteroatoms. The number of hydrogen-bond acceptors (Lipinski definition) is 3. The molecule has 0 radical (unpaired) electrons. The molecule has 6 nitrogen and oxygen atoms in total. The average Bonchev–Trinajstić information content (AvgIpc) is 2.92. The van der Waals surface area contributed by atoms with Crippen LogP contribution in [-0.4, -0.2) is 33.8 Å². The van der Waals surface area contributed by atoms with Gasteiger partial charge in [0.15, 0.2) is 5.96 Å². The Balaban J connectivity index is 1.90. The van der Waals surface area contributed by atoms with Crippen molar-refractivity contribution in [2.75, 3.05) is 13.1 Å². The minimum absolute atomic E-state index is 0.328. The molecule has 0 atom stereocenters. The van der Waals surface area contributed by atoms with E-state index >= 15 is 0 Å². The minimum atomic E-state index is -0.328. The zero-order valence-electron chi connectivity index (χ0n) is 13.2. The molecule has 0 saturated carbocycles. The molecule has 0 aliphatic heterocycles. The molecule has 0 spiro atoms. The molecular weight excluding hydrogens is 319 g/mol. The van der Waals surface area contributed by atoms with Gasteiger partial charge in [0.1, 0.15) is 24.5 Å². The standard InChI is InChI=1S/C15H20ClFN6/c1-3-18-15(20-9-14-21-10-22-23(14)2)19-7-6-11-4-5-12(17)8-13(11)16/h4-5,8,10H,3,6-7,9H2,1-2H3,(H2,18,19,20). The second kappa shape index (κ2) is 8.47. The molecule has 0 amide bonds. The van der Waals surface area contributed by atoms with Crippen molar-refractivity contribution in [3.05, 3.63) is 46.8 Å². The lowest BCUT2D eigenvalue weighted by atomic mass is 10.1. The predicted molar refractivity (Wildman–Crippen MR) is 88.9 cm³/mol.